The Morgan fingerprint density at radius 2 is 1.36 bits per heavy atom. The van der Waals surface area contributed by atoms with Crippen LogP contribution in [0.25, 0.3) is 16.8 Å². The fourth-order valence-electron chi connectivity index (χ4n) is 4.92. The Bertz CT molecular complexity index is 1480. The Balaban J connectivity index is 1.40. The van der Waals surface area contributed by atoms with Crippen molar-refractivity contribution in [2.24, 2.45) is 0 Å². The molecule has 1 aromatic heterocycles. The summed E-state index contributed by atoms with van der Waals surface area (Å²) < 4.78 is 12.9. The summed E-state index contributed by atoms with van der Waals surface area (Å²) in [6.45, 7) is 2.58. The largest absolute Gasteiger partial charge is 0.496 e. The lowest BCUT2D eigenvalue weighted by Crippen LogP contribution is -2.40. The molecule has 0 aliphatic heterocycles. The van der Waals surface area contributed by atoms with Gasteiger partial charge in [-0.25, -0.2) is 4.98 Å². The molecule has 0 spiro atoms. The van der Waals surface area contributed by atoms with Crippen molar-refractivity contribution in [2.45, 2.75) is 12.3 Å². The smallest absolute Gasteiger partial charge is 0.269 e. The number of nitrogens with zero attached hydrogens (tertiary/aromatic N) is 2. The summed E-state index contributed by atoms with van der Waals surface area (Å²) in [5.74, 6) is 1.26. The number of rotatable bonds is 9. The van der Waals surface area contributed by atoms with Crippen molar-refractivity contribution in [2.75, 3.05) is 20.8 Å². The number of carbonyl (C=O) groups is 1. The van der Waals surface area contributed by atoms with Gasteiger partial charge < -0.3 is 14.8 Å². The molecule has 1 amide bonds. The third kappa shape index (κ3) is 5.14. The first-order valence-electron chi connectivity index (χ1n) is 12.8. The monoisotopic (exact) mass is 517 g/mol. The van der Waals surface area contributed by atoms with E-state index in [-0.39, 0.29) is 5.91 Å². The minimum Gasteiger partial charge on any atom is -0.496 e. The number of amides is 1. The lowest BCUT2D eigenvalue weighted by Gasteiger charge is -2.31. The molecule has 4 aromatic carbocycles. The Morgan fingerprint density at radius 3 is 1.90 bits per heavy atom. The van der Waals surface area contributed by atoms with E-state index in [1.807, 2.05) is 78.9 Å². The Labute approximate surface area is 228 Å². The number of carbonyl (C=O) groups excluding carboxylic acids is 1. The van der Waals surface area contributed by atoms with Crippen molar-refractivity contribution in [1.82, 2.24) is 14.9 Å². The predicted molar refractivity (Wildman–Crippen MR) is 154 cm³/mol. The molecule has 196 valence electrons. The van der Waals surface area contributed by atoms with E-state index in [1.165, 1.54) is 0 Å². The SMILES string of the molecule is COc1cccc(OC)c1-c1ccc(-n2cncc2C(=O)NCC(C)(c2ccccc2)c2ccccc2)cc1. The zero-order valence-electron chi connectivity index (χ0n) is 22.3. The van der Waals surface area contributed by atoms with Crippen molar-refractivity contribution < 1.29 is 14.3 Å². The molecule has 1 N–H and O–H groups in total. The molecule has 0 radical (unpaired) electrons. The lowest BCUT2D eigenvalue weighted by atomic mass is 9.76. The Kier molecular flexibility index (Phi) is 7.46. The van der Waals surface area contributed by atoms with Crippen molar-refractivity contribution in [1.29, 1.82) is 0 Å². The number of hydrogen-bond acceptors (Lipinski definition) is 4. The molecule has 0 saturated carbocycles. The molecule has 0 unspecified atom stereocenters. The normalized spacial score (nSPS) is 11.2. The van der Waals surface area contributed by atoms with Crippen LogP contribution in [-0.4, -0.2) is 36.2 Å². The summed E-state index contributed by atoms with van der Waals surface area (Å²) in [7, 11) is 3.28. The maximum atomic E-state index is 13.5. The second kappa shape index (κ2) is 11.3. The van der Waals surface area contributed by atoms with Gasteiger partial charge in [0.2, 0.25) is 0 Å². The number of imidazole rings is 1. The van der Waals surface area contributed by atoms with E-state index < -0.39 is 5.41 Å². The van der Waals surface area contributed by atoms with Crippen LogP contribution in [0.1, 0.15) is 28.5 Å². The third-order valence-corrected chi connectivity index (χ3v) is 7.16. The van der Waals surface area contributed by atoms with Gasteiger partial charge >= 0.3 is 0 Å². The lowest BCUT2D eigenvalue weighted by molar-refractivity contribution is 0.0940. The molecule has 1 heterocycles. The molecule has 5 aromatic rings. The van der Waals surface area contributed by atoms with Crippen LogP contribution >= 0.6 is 0 Å². The first-order valence-corrected chi connectivity index (χ1v) is 12.8. The minimum atomic E-state index is -0.404. The predicted octanol–water partition coefficient (Wildman–Crippen LogP) is 6.29. The quantitative estimate of drug-likeness (QED) is 0.249. The number of aromatic nitrogens is 2. The van der Waals surface area contributed by atoms with Gasteiger partial charge in [0.1, 0.15) is 17.2 Å². The molecule has 5 rings (SSSR count). The highest BCUT2D eigenvalue weighted by molar-refractivity contribution is 5.93. The highest BCUT2D eigenvalue weighted by Crippen LogP contribution is 2.38. The summed E-state index contributed by atoms with van der Waals surface area (Å²) in [5, 5.41) is 3.17. The Morgan fingerprint density at radius 1 is 0.795 bits per heavy atom. The van der Waals surface area contributed by atoms with Crippen molar-refractivity contribution in [3.63, 3.8) is 0 Å². The summed E-state index contributed by atoms with van der Waals surface area (Å²) in [6.07, 6.45) is 3.25. The highest BCUT2D eigenvalue weighted by Gasteiger charge is 2.30. The third-order valence-electron chi connectivity index (χ3n) is 7.16. The van der Waals surface area contributed by atoms with Crippen LogP contribution in [-0.2, 0) is 5.41 Å². The standard InChI is InChI=1S/C33H31N3O3/c1-33(25-11-6-4-7-12-25,26-13-8-5-9-14-26)22-35-32(37)28-21-34-23-36(28)27-19-17-24(18-20-27)31-29(38-2)15-10-16-30(31)39-3/h4-21,23H,22H2,1-3H3,(H,35,37). The van der Waals surface area contributed by atoms with Crippen molar-refractivity contribution in [3.05, 3.63) is 132 Å². The van der Waals surface area contributed by atoms with Gasteiger partial charge in [-0.05, 0) is 47.9 Å². The van der Waals surface area contributed by atoms with Gasteiger partial charge in [-0.3, -0.25) is 9.36 Å². The zero-order valence-corrected chi connectivity index (χ0v) is 22.3. The van der Waals surface area contributed by atoms with Gasteiger partial charge in [-0.1, -0.05) is 78.9 Å². The van der Waals surface area contributed by atoms with Gasteiger partial charge in [0, 0.05) is 17.6 Å². The number of benzene rings is 4. The number of nitrogens with one attached hydrogen (secondary N) is 1. The summed E-state index contributed by atoms with van der Waals surface area (Å²) >= 11 is 0. The number of methoxy groups -OCH3 is 2. The van der Waals surface area contributed by atoms with Gasteiger partial charge in [0.25, 0.3) is 5.91 Å². The minimum absolute atomic E-state index is 0.193. The number of hydrogen-bond donors (Lipinski definition) is 1. The fourth-order valence-corrected chi connectivity index (χ4v) is 4.92. The van der Waals surface area contributed by atoms with E-state index in [1.54, 1.807) is 31.3 Å². The summed E-state index contributed by atoms with van der Waals surface area (Å²) in [5.41, 5.74) is 4.96. The molecule has 6 heteroatoms. The van der Waals surface area contributed by atoms with Gasteiger partial charge in [0.15, 0.2) is 0 Å². The molecule has 0 aliphatic rings. The van der Waals surface area contributed by atoms with Crippen LogP contribution < -0.4 is 14.8 Å². The molecule has 0 atom stereocenters. The van der Waals surface area contributed by atoms with Crippen LogP contribution in [0, 0.1) is 0 Å². The maximum Gasteiger partial charge on any atom is 0.269 e. The van der Waals surface area contributed by atoms with Gasteiger partial charge in [-0.15, -0.1) is 0 Å². The van der Waals surface area contributed by atoms with Crippen LogP contribution in [0.5, 0.6) is 11.5 Å². The first-order chi connectivity index (χ1) is 19.0. The van der Waals surface area contributed by atoms with Crippen LogP contribution in [0.2, 0.25) is 0 Å². The zero-order chi connectivity index (χ0) is 27.2. The molecular weight excluding hydrogens is 486 g/mol. The van der Waals surface area contributed by atoms with Gasteiger partial charge in [-0.2, -0.15) is 0 Å². The molecule has 0 bridgehead atoms. The topological polar surface area (TPSA) is 65.4 Å². The molecular formula is C33H31N3O3. The molecule has 6 nitrogen and oxygen atoms in total. The number of ether oxygens (including phenoxy) is 2. The van der Waals surface area contributed by atoms with Crippen molar-refractivity contribution >= 4 is 5.91 Å². The van der Waals surface area contributed by atoms with Crippen LogP contribution in [0.15, 0.2) is 116 Å². The fraction of sp³-hybridized carbons (Fsp3) is 0.152. The van der Waals surface area contributed by atoms with E-state index in [2.05, 4.69) is 41.5 Å². The average Bonchev–Trinajstić information content (AvgIpc) is 3.50. The summed E-state index contributed by atoms with van der Waals surface area (Å²) in [6, 6.07) is 34.1. The van der Waals surface area contributed by atoms with Gasteiger partial charge in [0.05, 0.1) is 32.3 Å². The van der Waals surface area contributed by atoms with Crippen LogP contribution in [0.3, 0.4) is 0 Å². The summed E-state index contributed by atoms with van der Waals surface area (Å²) in [4.78, 5) is 17.7. The Hall–Kier alpha value is -4.84. The van der Waals surface area contributed by atoms with Crippen LogP contribution in [0.4, 0.5) is 0 Å². The molecule has 0 aliphatic carbocycles. The first kappa shape index (κ1) is 25.8. The van der Waals surface area contributed by atoms with E-state index in [0.717, 1.165) is 39.4 Å². The molecule has 0 fully saturated rings. The maximum absolute atomic E-state index is 13.5. The van der Waals surface area contributed by atoms with E-state index in [9.17, 15) is 4.79 Å². The molecule has 39 heavy (non-hydrogen) atoms. The van der Waals surface area contributed by atoms with E-state index >= 15 is 0 Å². The second-order valence-corrected chi connectivity index (χ2v) is 9.48. The molecule has 0 saturated heterocycles. The van der Waals surface area contributed by atoms with E-state index in [4.69, 9.17) is 9.47 Å². The van der Waals surface area contributed by atoms with E-state index in [0.29, 0.717) is 12.2 Å². The van der Waals surface area contributed by atoms with Crippen molar-refractivity contribution in [3.8, 4) is 28.3 Å². The highest BCUT2D eigenvalue weighted by atomic mass is 16.5. The second-order valence-electron chi connectivity index (χ2n) is 9.48. The average molecular weight is 518 g/mol.